The van der Waals surface area contributed by atoms with Gasteiger partial charge < -0.3 is 15.4 Å². The van der Waals surface area contributed by atoms with Crippen LogP contribution in [0.15, 0.2) is 36.4 Å². The van der Waals surface area contributed by atoms with Crippen LogP contribution in [0, 0.1) is 0 Å². The molecule has 106 valence electrons. The van der Waals surface area contributed by atoms with E-state index in [0.29, 0.717) is 5.02 Å². The van der Waals surface area contributed by atoms with Crippen LogP contribution in [0.25, 0.3) is 0 Å². The van der Waals surface area contributed by atoms with E-state index >= 15 is 0 Å². The summed E-state index contributed by atoms with van der Waals surface area (Å²) in [4.78, 5) is 4.48. The molecule has 5 heteroatoms. The lowest BCUT2D eigenvalue weighted by Gasteiger charge is -2.11. The highest BCUT2D eigenvalue weighted by atomic mass is 35.5. The van der Waals surface area contributed by atoms with Gasteiger partial charge in [0.05, 0.1) is 17.8 Å². The minimum absolute atomic E-state index is 0.625. The molecule has 0 spiro atoms. The number of nitrogens with zero attached hydrogens (tertiary/aromatic N) is 1. The van der Waals surface area contributed by atoms with E-state index in [0.717, 1.165) is 36.0 Å². The van der Waals surface area contributed by atoms with Gasteiger partial charge in [-0.05, 0) is 30.7 Å². The van der Waals surface area contributed by atoms with E-state index in [1.54, 1.807) is 13.2 Å². The van der Waals surface area contributed by atoms with Crippen LogP contribution in [-0.4, -0.2) is 18.6 Å². The normalized spacial score (nSPS) is 10.2. The molecule has 0 atom stereocenters. The fourth-order valence-electron chi connectivity index (χ4n) is 1.72. The summed E-state index contributed by atoms with van der Waals surface area (Å²) in [6.45, 7) is 3.02. The number of hydrogen-bond acceptors (Lipinski definition) is 4. The maximum Gasteiger partial charge on any atom is 0.132 e. The standard InChI is InChI=1S/C15H18ClN3O/c1-3-9-17-14-5-4-6-15(19-14)18-13-10-11(20-2)7-8-12(13)16/h4-8,10H,3,9H2,1-2H3,(H2,17,18,19). The van der Waals surface area contributed by atoms with Gasteiger partial charge in [0, 0.05) is 12.6 Å². The van der Waals surface area contributed by atoms with Gasteiger partial charge in [-0.2, -0.15) is 0 Å². The third-order valence-corrected chi connectivity index (χ3v) is 3.07. The average molecular weight is 292 g/mol. The number of pyridine rings is 1. The summed E-state index contributed by atoms with van der Waals surface area (Å²) in [6, 6.07) is 11.2. The minimum Gasteiger partial charge on any atom is -0.497 e. The maximum atomic E-state index is 6.17. The highest BCUT2D eigenvalue weighted by Gasteiger charge is 2.04. The van der Waals surface area contributed by atoms with Crippen molar-refractivity contribution in [3.63, 3.8) is 0 Å². The van der Waals surface area contributed by atoms with Crippen LogP contribution in [-0.2, 0) is 0 Å². The van der Waals surface area contributed by atoms with Crippen molar-refractivity contribution in [2.24, 2.45) is 0 Å². The quantitative estimate of drug-likeness (QED) is 0.832. The lowest BCUT2D eigenvalue weighted by atomic mass is 10.3. The summed E-state index contributed by atoms with van der Waals surface area (Å²) >= 11 is 6.17. The first-order chi connectivity index (χ1) is 9.72. The Balaban J connectivity index is 2.17. The molecular formula is C15H18ClN3O. The second kappa shape index (κ2) is 7.01. The van der Waals surface area contributed by atoms with Gasteiger partial charge in [0.25, 0.3) is 0 Å². The van der Waals surface area contributed by atoms with Gasteiger partial charge in [-0.15, -0.1) is 0 Å². The zero-order valence-corrected chi connectivity index (χ0v) is 12.4. The van der Waals surface area contributed by atoms with E-state index in [1.807, 2.05) is 30.3 Å². The largest absolute Gasteiger partial charge is 0.497 e. The molecule has 2 rings (SSSR count). The Labute approximate surface area is 124 Å². The second-order valence-electron chi connectivity index (χ2n) is 4.31. The Hall–Kier alpha value is -1.94. The number of ether oxygens (including phenoxy) is 1. The van der Waals surface area contributed by atoms with Gasteiger partial charge >= 0.3 is 0 Å². The lowest BCUT2D eigenvalue weighted by Crippen LogP contribution is -2.03. The fourth-order valence-corrected chi connectivity index (χ4v) is 1.89. The fraction of sp³-hybridized carbons (Fsp3) is 0.267. The lowest BCUT2D eigenvalue weighted by molar-refractivity contribution is 0.415. The molecule has 1 aromatic carbocycles. The summed E-state index contributed by atoms with van der Waals surface area (Å²) in [5.74, 6) is 2.33. The molecule has 0 aliphatic heterocycles. The molecule has 0 saturated carbocycles. The van der Waals surface area contributed by atoms with Crippen molar-refractivity contribution in [1.29, 1.82) is 0 Å². The first kappa shape index (κ1) is 14.5. The molecular weight excluding hydrogens is 274 g/mol. The summed E-state index contributed by atoms with van der Waals surface area (Å²) in [6.07, 6.45) is 1.06. The molecule has 0 fully saturated rings. The summed E-state index contributed by atoms with van der Waals surface area (Å²) in [5, 5.41) is 7.07. The van der Waals surface area contributed by atoms with E-state index in [9.17, 15) is 0 Å². The SMILES string of the molecule is CCCNc1cccc(Nc2cc(OC)ccc2Cl)n1. The third kappa shape index (κ3) is 3.78. The monoisotopic (exact) mass is 291 g/mol. The second-order valence-corrected chi connectivity index (χ2v) is 4.71. The molecule has 2 N–H and O–H groups in total. The Morgan fingerprint density at radius 1 is 1.20 bits per heavy atom. The van der Waals surface area contributed by atoms with Crippen LogP contribution in [0.3, 0.4) is 0 Å². The Morgan fingerprint density at radius 3 is 2.75 bits per heavy atom. The van der Waals surface area contributed by atoms with Crippen LogP contribution in [0.1, 0.15) is 13.3 Å². The highest BCUT2D eigenvalue weighted by Crippen LogP contribution is 2.29. The highest BCUT2D eigenvalue weighted by molar-refractivity contribution is 6.33. The Kier molecular flexibility index (Phi) is 5.07. The number of benzene rings is 1. The molecule has 20 heavy (non-hydrogen) atoms. The van der Waals surface area contributed by atoms with Crippen molar-refractivity contribution in [2.75, 3.05) is 24.3 Å². The van der Waals surface area contributed by atoms with Gasteiger partial charge in [0.15, 0.2) is 0 Å². The number of hydrogen-bond donors (Lipinski definition) is 2. The number of halogens is 1. The van der Waals surface area contributed by atoms with E-state index in [-0.39, 0.29) is 0 Å². The smallest absolute Gasteiger partial charge is 0.132 e. The number of rotatable bonds is 6. The van der Waals surface area contributed by atoms with E-state index in [1.165, 1.54) is 0 Å². The zero-order valence-electron chi connectivity index (χ0n) is 11.6. The molecule has 4 nitrogen and oxygen atoms in total. The molecule has 0 aliphatic carbocycles. The maximum absolute atomic E-state index is 6.17. The third-order valence-electron chi connectivity index (χ3n) is 2.74. The minimum atomic E-state index is 0.625. The van der Waals surface area contributed by atoms with Crippen molar-refractivity contribution in [3.05, 3.63) is 41.4 Å². The average Bonchev–Trinajstić information content (AvgIpc) is 2.48. The number of anilines is 3. The van der Waals surface area contributed by atoms with Gasteiger partial charge in [0.1, 0.15) is 17.4 Å². The van der Waals surface area contributed by atoms with E-state index in [2.05, 4.69) is 22.5 Å². The molecule has 0 unspecified atom stereocenters. The topological polar surface area (TPSA) is 46.2 Å². The van der Waals surface area contributed by atoms with Crippen LogP contribution >= 0.6 is 11.6 Å². The Bertz CT molecular complexity index is 575. The predicted octanol–water partition coefficient (Wildman–Crippen LogP) is 4.31. The molecule has 0 radical (unpaired) electrons. The van der Waals surface area contributed by atoms with Gasteiger partial charge in [-0.3, -0.25) is 0 Å². The van der Waals surface area contributed by atoms with Crippen molar-refractivity contribution in [3.8, 4) is 5.75 Å². The molecule has 2 aromatic rings. The zero-order chi connectivity index (χ0) is 14.4. The summed E-state index contributed by atoms with van der Waals surface area (Å²) in [5.41, 5.74) is 0.770. The van der Waals surface area contributed by atoms with Crippen LogP contribution < -0.4 is 15.4 Å². The van der Waals surface area contributed by atoms with Crippen molar-refractivity contribution in [1.82, 2.24) is 4.98 Å². The van der Waals surface area contributed by atoms with Gasteiger partial charge in [-0.1, -0.05) is 24.6 Å². The summed E-state index contributed by atoms with van der Waals surface area (Å²) in [7, 11) is 1.63. The molecule has 0 aliphatic rings. The van der Waals surface area contributed by atoms with Crippen LogP contribution in [0.4, 0.5) is 17.3 Å². The van der Waals surface area contributed by atoms with Crippen LogP contribution in [0.5, 0.6) is 5.75 Å². The van der Waals surface area contributed by atoms with Crippen molar-refractivity contribution >= 4 is 28.9 Å². The van der Waals surface area contributed by atoms with Gasteiger partial charge in [0.2, 0.25) is 0 Å². The molecule has 1 aromatic heterocycles. The number of methoxy groups -OCH3 is 1. The van der Waals surface area contributed by atoms with Crippen LogP contribution in [0.2, 0.25) is 5.02 Å². The predicted molar refractivity (Wildman–Crippen MR) is 84.3 cm³/mol. The molecule has 1 heterocycles. The first-order valence-corrected chi connectivity index (χ1v) is 6.92. The molecule has 0 amide bonds. The molecule has 0 bridgehead atoms. The van der Waals surface area contributed by atoms with Crippen molar-refractivity contribution in [2.45, 2.75) is 13.3 Å². The first-order valence-electron chi connectivity index (χ1n) is 6.54. The van der Waals surface area contributed by atoms with E-state index in [4.69, 9.17) is 16.3 Å². The number of aromatic nitrogens is 1. The van der Waals surface area contributed by atoms with Gasteiger partial charge in [-0.25, -0.2) is 4.98 Å². The van der Waals surface area contributed by atoms with E-state index < -0.39 is 0 Å². The summed E-state index contributed by atoms with van der Waals surface area (Å²) < 4.78 is 5.19. The molecule has 0 saturated heterocycles. The van der Waals surface area contributed by atoms with Crippen molar-refractivity contribution < 1.29 is 4.74 Å². The number of nitrogens with one attached hydrogen (secondary N) is 2. The Morgan fingerprint density at radius 2 is 2.00 bits per heavy atom.